The number of carbonyl (C=O) groups is 5. The van der Waals surface area contributed by atoms with E-state index in [9.17, 15) is 29.2 Å². The molecule has 0 radical (unpaired) electrons. The zero-order valence-electron chi connectivity index (χ0n) is 32.8. The zero-order valence-corrected chi connectivity index (χ0v) is 34.4. The van der Waals surface area contributed by atoms with Crippen molar-refractivity contribution in [3.63, 3.8) is 0 Å². The Hall–Kier alpha value is -6.15. The third kappa shape index (κ3) is 8.74. The van der Waals surface area contributed by atoms with Crippen LogP contribution >= 0.6 is 23.2 Å². The number of methoxy groups -OCH3 is 2. The van der Waals surface area contributed by atoms with Crippen LogP contribution in [-0.4, -0.2) is 115 Å². The number of piperazine rings is 1. The number of nitrogens with one attached hydrogen (secondary N) is 2. The van der Waals surface area contributed by atoms with E-state index in [1.165, 1.54) is 26.5 Å². The van der Waals surface area contributed by atoms with E-state index in [2.05, 4.69) is 26.6 Å². The van der Waals surface area contributed by atoms with Gasteiger partial charge in [-0.3, -0.25) is 44.1 Å². The molecule has 60 heavy (non-hydrogen) atoms. The molecule has 2 fully saturated rings. The number of pyridine rings is 1. The molecule has 7 rings (SSSR count). The number of halogens is 2. The Kier molecular flexibility index (Phi) is 12.9. The van der Waals surface area contributed by atoms with Crippen molar-refractivity contribution in [2.24, 2.45) is 0 Å². The Balaban J connectivity index is 0.863. The summed E-state index contributed by atoms with van der Waals surface area (Å²) < 4.78 is 23.1. The molecular formula is C42H41Cl2N7O9. The zero-order chi connectivity index (χ0) is 42.5. The van der Waals surface area contributed by atoms with E-state index in [0.717, 1.165) is 17.9 Å². The Labute approximate surface area is 355 Å². The molecule has 0 saturated carbocycles. The van der Waals surface area contributed by atoms with Gasteiger partial charge in [0.05, 0.1) is 71.1 Å². The number of nitrogens with zero attached hydrogens (tertiary/aromatic N) is 5. The summed E-state index contributed by atoms with van der Waals surface area (Å²) in [7, 11) is 3.04. The van der Waals surface area contributed by atoms with E-state index in [1.807, 2.05) is 4.90 Å². The van der Waals surface area contributed by atoms with Crippen LogP contribution in [0.15, 0.2) is 48.7 Å². The van der Waals surface area contributed by atoms with Gasteiger partial charge in [0.15, 0.2) is 11.5 Å². The maximum Gasteiger partial charge on any atom is 0.266 e. The minimum atomic E-state index is -1.07. The number of hydrogen-bond acceptors (Lipinski definition) is 13. The van der Waals surface area contributed by atoms with Gasteiger partial charge in [-0.2, -0.15) is 5.26 Å². The van der Waals surface area contributed by atoms with E-state index >= 15 is 0 Å². The molecule has 1 atom stereocenters. The second-order valence-corrected chi connectivity index (χ2v) is 15.1. The number of rotatable bonds is 15. The van der Waals surface area contributed by atoms with Crippen LogP contribution in [-0.2, 0) is 14.4 Å². The van der Waals surface area contributed by atoms with Gasteiger partial charge in [0.2, 0.25) is 17.7 Å². The fourth-order valence-corrected chi connectivity index (χ4v) is 7.97. The Morgan fingerprint density at radius 2 is 1.67 bits per heavy atom. The summed E-state index contributed by atoms with van der Waals surface area (Å²) in [6.45, 7) is 3.90. The minimum Gasteiger partial charge on any atom is -0.495 e. The number of hydrogen-bond donors (Lipinski definition) is 2. The lowest BCUT2D eigenvalue weighted by molar-refractivity contribution is -0.136. The van der Waals surface area contributed by atoms with Crippen LogP contribution in [0.2, 0.25) is 10.0 Å². The molecule has 0 spiro atoms. The molecule has 1 unspecified atom stereocenters. The first kappa shape index (κ1) is 42.0. The summed E-state index contributed by atoms with van der Waals surface area (Å²) in [4.78, 5) is 73.0. The van der Waals surface area contributed by atoms with E-state index in [-0.39, 0.29) is 48.7 Å². The van der Waals surface area contributed by atoms with E-state index in [0.29, 0.717) is 94.3 Å². The number of aromatic nitrogens is 1. The third-order valence-electron chi connectivity index (χ3n) is 10.6. The fraction of sp³-hybridized carbons (Fsp3) is 0.357. The lowest BCUT2D eigenvalue weighted by atomic mass is 10.0. The molecule has 2 N–H and O–H groups in total. The normalized spacial score (nSPS) is 16.7. The number of nitriles is 1. The summed E-state index contributed by atoms with van der Waals surface area (Å²) in [5, 5.41) is 16.6. The molecule has 4 heterocycles. The first-order chi connectivity index (χ1) is 29.0. The number of anilines is 2. The van der Waals surface area contributed by atoms with Gasteiger partial charge in [-0.25, -0.2) is 0 Å². The number of piperidine rings is 1. The largest absolute Gasteiger partial charge is 0.495 e. The van der Waals surface area contributed by atoms with Crippen molar-refractivity contribution >= 4 is 75.0 Å². The highest BCUT2D eigenvalue weighted by molar-refractivity contribution is 6.37. The maximum absolute atomic E-state index is 13.3. The highest BCUT2D eigenvalue weighted by Gasteiger charge is 2.46. The van der Waals surface area contributed by atoms with Crippen LogP contribution in [0.1, 0.15) is 58.4 Å². The topological polar surface area (TPSA) is 193 Å². The molecule has 5 amide bonds. The smallest absolute Gasteiger partial charge is 0.266 e. The van der Waals surface area contributed by atoms with Crippen molar-refractivity contribution in [2.75, 3.05) is 65.5 Å². The number of ether oxygens (including phenoxy) is 4. The molecule has 16 nitrogen and oxygen atoms in total. The van der Waals surface area contributed by atoms with E-state index in [1.54, 1.807) is 36.4 Å². The van der Waals surface area contributed by atoms with Crippen LogP contribution in [0.3, 0.4) is 0 Å². The molecular weight excluding hydrogens is 817 g/mol. The number of amides is 5. The van der Waals surface area contributed by atoms with Crippen molar-refractivity contribution < 1.29 is 42.9 Å². The fourth-order valence-electron chi connectivity index (χ4n) is 7.47. The molecule has 0 bridgehead atoms. The van der Waals surface area contributed by atoms with E-state index < -0.39 is 29.7 Å². The van der Waals surface area contributed by atoms with Gasteiger partial charge in [0.1, 0.15) is 23.6 Å². The monoisotopic (exact) mass is 857 g/mol. The molecule has 18 heteroatoms. The quantitative estimate of drug-likeness (QED) is 0.115. The van der Waals surface area contributed by atoms with Crippen LogP contribution in [0, 0.1) is 11.3 Å². The molecule has 1 aromatic heterocycles. The third-order valence-corrected chi connectivity index (χ3v) is 11.2. The number of fused-ring (bicyclic) bond motifs is 2. The van der Waals surface area contributed by atoms with Crippen LogP contribution in [0.4, 0.5) is 11.4 Å². The van der Waals surface area contributed by atoms with Crippen molar-refractivity contribution in [3.8, 4) is 29.1 Å². The first-order valence-corrected chi connectivity index (χ1v) is 20.1. The van der Waals surface area contributed by atoms with Crippen molar-refractivity contribution in [1.82, 2.24) is 25.0 Å². The Morgan fingerprint density at radius 3 is 2.40 bits per heavy atom. The number of carbonyl (C=O) groups excluding carboxylic acids is 5. The average molecular weight is 859 g/mol. The van der Waals surface area contributed by atoms with Gasteiger partial charge in [0, 0.05) is 69.3 Å². The minimum absolute atomic E-state index is 0.00316. The Bertz CT molecular complexity index is 2420. The number of benzene rings is 3. The molecule has 4 aromatic rings. The van der Waals surface area contributed by atoms with Crippen LogP contribution in [0.25, 0.3) is 10.9 Å². The molecule has 312 valence electrons. The van der Waals surface area contributed by atoms with Gasteiger partial charge < -0.3 is 29.2 Å². The van der Waals surface area contributed by atoms with Gasteiger partial charge in [-0.15, -0.1) is 0 Å². The SMILES string of the molecule is COc1cc(Nc2c(C#N)cnc3cc(OCCCN4CCN(C(=O)CCCOc5cccc6c5C(=O)N(C5CCC(=O)NC5=O)C6=O)CC4)c(OC)cc23)c(Cl)cc1Cl. The molecule has 0 aliphatic carbocycles. The van der Waals surface area contributed by atoms with E-state index in [4.69, 9.17) is 42.1 Å². The lowest BCUT2D eigenvalue weighted by Gasteiger charge is -2.34. The van der Waals surface area contributed by atoms with Gasteiger partial charge >= 0.3 is 0 Å². The second kappa shape index (κ2) is 18.4. The van der Waals surface area contributed by atoms with Crippen molar-refractivity contribution in [2.45, 2.75) is 38.1 Å². The van der Waals surface area contributed by atoms with Gasteiger partial charge in [-0.1, -0.05) is 29.3 Å². The standard InChI is InChI=1S/C42H41Cl2N7O9/c1-57-33-21-30(27(43)19-28(33)44)47-39-24(22-45)23-46-29-20-35(34(58-2)18-26(29)39)60-17-5-11-49-12-14-50(15-13-49)37(53)8-4-16-59-32-7-3-6-25-38(32)42(56)51(41(25)55)31-9-10-36(52)48-40(31)54/h3,6-7,18-21,23,31H,4-5,8-17H2,1-2H3,(H,46,47)(H,48,52,54). The highest BCUT2D eigenvalue weighted by Crippen LogP contribution is 2.41. The maximum atomic E-state index is 13.3. The summed E-state index contributed by atoms with van der Waals surface area (Å²) >= 11 is 12.7. The second-order valence-electron chi connectivity index (χ2n) is 14.3. The molecule has 2 saturated heterocycles. The summed E-state index contributed by atoms with van der Waals surface area (Å²) in [5.41, 5.74) is 2.06. The predicted molar refractivity (Wildman–Crippen MR) is 220 cm³/mol. The summed E-state index contributed by atoms with van der Waals surface area (Å²) in [6.07, 6.45) is 2.94. The van der Waals surface area contributed by atoms with Crippen LogP contribution in [0.5, 0.6) is 23.0 Å². The first-order valence-electron chi connectivity index (χ1n) is 19.3. The van der Waals surface area contributed by atoms with Gasteiger partial charge in [-0.05, 0) is 43.5 Å². The lowest BCUT2D eigenvalue weighted by Crippen LogP contribution is -2.54. The average Bonchev–Trinajstić information content (AvgIpc) is 3.50. The summed E-state index contributed by atoms with van der Waals surface area (Å²) in [5.74, 6) is -0.778. The molecule has 3 aliphatic rings. The molecule has 3 aliphatic heterocycles. The molecule has 3 aromatic carbocycles. The highest BCUT2D eigenvalue weighted by atomic mass is 35.5. The van der Waals surface area contributed by atoms with Crippen LogP contribution < -0.4 is 29.6 Å². The Morgan fingerprint density at radius 1 is 0.917 bits per heavy atom. The van der Waals surface area contributed by atoms with Gasteiger partial charge in [0.25, 0.3) is 11.8 Å². The summed E-state index contributed by atoms with van der Waals surface area (Å²) in [6, 6.07) is 12.5. The number of imide groups is 2. The van der Waals surface area contributed by atoms with Crippen molar-refractivity contribution in [3.05, 3.63) is 75.4 Å². The predicted octanol–water partition coefficient (Wildman–Crippen LogP) is 5.35. The van der Waals surface area contributed by atoms with Crippen molar-refractivity contribution in [1.29, 1.82) is 5.26 Å².